The summed E-state index contributed by atoms with van der Waals surface area (Å²) < 4.78 is 0. The van der Waals surface area contributed by atoms with Crippen LogP contribution < -0.4 is 10.7 Å². The van der Waals surface area contributed by atoms with Gasteiger partial charge >= 0.3 is 11.8 Å². The van der Waals surface area contributed by atoms with Crippen LogP contribution in [0.3, 0.4) is 0 Å². The summed E-state index contributed by atoms with van der Waals surface area (Å²) in [6.45, 7) is 1.76. The quantitative estimate of drug-likeness (QED) is 0.359. The van der Waals surface area contributed by atoms with E-state index in [2.05, 4.69) is 15.8 Å². The first-order chi connectivity index (χ1) is 12.5. The fourth-order valence-corrected chi connectivity index (χ4v) is 2.08. The van der Waals surface area contributed by atoms with Crippen molar-refractivity contribution in [2.24, 2.45) is 5.10 Å². The number of carbonyl (C=O) groups is 2. The summed E-state index contributed by atoms with van der Waals surface area (Å²) in [5.41, 5.74) is 4.21. The van der Waals surface area contributed by atoms with Gasteiger partial charge in [-0.2, -0.15) is 5.10 Å². The van der Waals surface area contributed by atoms with Crippen molar-refractivity contribution in [2.75, 3.05) is 5.32 Å². The third-order valence-electron chi connectivity index (χ3n) is 3.51. The van der Waals surface area contributed by atoms with E-state index in [-0.39, 0.29) is 11.4 Å². The van der Waals surface area contributed by atoms with E-state index in [4.69, 9.17) is 0 Å². The third-order valence-corrected chi connectivity index (χ3v) is 3.51. The maximum atomic E-state index is 11.8. The first-order valence-electron chi connectivity index (χ1n) is 7.88. The van der Waals surface area contributed by atoms with Crippen LogP contribution in [0.25, 0.3) is 0 Å². The van der Waals surface area contributed by atoms with Crippen molar-refractivity contribution in [3.8, 4) is 0 Å². The van der Waals surface area contributed by atoms with Gasteiger partial charge in [-0.3, -0.25) is 19.7 Å². The summed E-state index contributed by atoms with van der Waals surface area (Å²) in [5, 5.41) is 16.8. The van der Waals surface area contributed by atoms with Gasteiger partial charge < -0.3 is 5.32 Å². The molecule has 2 aromatic carbocycles. The van der Waals surface area contributed by atoms with E-state index < -0.39 is 16.7 Å². The van der Waals surface area contributed by atoms with Crippen LogP contribution in [0, 0.1) is 10.1 Å². The zero-order chi connectivity index (χ0) is 18.9. The standard InChI is InChI=1S/C18H18N4O4/c1-13(7-8-14-5-3-2-4-6-14)20-21-18(24)17(23)19-15-9-11-16(12-10-15)22(25)26/h2-6,9-12H,7-8H2,1H3,(H,19,23)(H,21,24)/b20-13-. The van der Waals surface area contributed by atoms with Crippen molar-refractivity contribution in [1.29, 1.82) is 0 Å². The number of nitrogens with zero attached hydrogens (tertiary/aromatic N) is 2. The Morgan fingerprint density at radius 1 is 1.04 bits per heavy atom. The van der Waals surface area contributed by atoms with Gasteiger partial charge in [0.1, 0.15) is 0 Å². The summed E-state index contributed by atoms with van der Waals surface area (Å²) in [4.78, 5) is 33.6. The monoisotopic (exact) mass is 354 g/mol. The van der Waals surface area contributed by atoms with Gasteiger partial charge in [-0.05, 0) is 37.5 Å². The number of carbonyl (C=O) groups excluding carboxylic acids is 2. The zero-order valence-corrected chi connectivity index (χ0v) is 14.1. The second-order valence-electron chi connectivity index (χ2n) is 5.53. The Morgan fingerprint density at radius 3 is 2.31 bits per heavy atom. The molecule has 0 spiro atoms. The molecule has 2 amide bonds. The SMILES string of the molecule is C/C(CCc1ccccc1)=N/NC(=O)C(=O)Nc1ccc([N+](=O)[O-])cc1. The van der Waals surface area contributed by atoms with Crippen LogP contribution in [0.2, 0.25) is 0 Å². The molecule has 0 radical (unpaired) electrons. The lowest BCUT2D eigenvalue weighted by Crippen LogP contribution is -2.32. The molecule has 0 saturated carbocycles. The number of nitro benzene ring substituents is 1. The van der Waals surface area contributed by atoms with Crippen molar-refractivity contribution in [3.05, 3.63) is 70.3 Å². The topological polar surface area (TPSA) is 114 Å². The molecule has 8 nitrogen and oxygen atoms in total. The highest BCUT2D eigenvalue weighted by Gasteiger charge is 2.14. The molecule has 2 rings (SSSR count). The number of nitro groups is 1. The molecular weight excluding hydrogens is 336 g/mol. The Hall–Kier alpha value is -3.55. The Bertz CT molecular complexity index is 817. The van der Waals surface area contributed by atoms with Crippen LogP contribution in [-0.4, -0.2) is 22.4 Å². The second kappa shape index (κ2) is 9.07. The number of hydrogen-bond acceptors (Lipinski definition) is 5. The number of nitrogens with one attached hydrogen (secondary N) is 2. The predicted molar refractivity (Wildman–Crippen MR) is 97.7 cm³/mol. The average molecular weight is 354 g/mol. The summed E-state index contributed by atoms with van der Waals surface area (Å²) in [5.74, 6) is -1.82. The van der Waals surface area contributed by atoms with Crippen molar-refractivity contribution < 1.29 is 14.5 Å². The van der Waals surface area contributed by atoms with Crippen molar-refractivity contribution in [3.63, 3.8) is 0 Å². The number of rotatable bonds is 6. The van der Waals surface area contributed by atoms with E-state index in [0.29, 0.717) is 12.1 Å². The molecule has 0 aliphatic rings. The number of hydrazone groups is 1. The van der Waals surface area contributed by atoms with Gasteiger partial charge in [0.2, 0.25) is 0 Å². The molecule has 0 saturated heterocycles. The molecule has 0 heterocycles. The van der Waals surface area contributed by atoms with Crippen LogP contribution in [0.5, 0.6) is 0 Å². The molecule has 134 valence electrons. The molecule has 2 N–H and O–H groups in total. The maximum Gasteiger partial charge on any atom is 0.329 e. The minimum Gasteiger partial charge on any atom is -0.318 e. The lowest BCUT2D eigenvalue weighted by atomic mass is 10.1. The lowest BCUT2D eigenvalue weighted by Gasteiger charge is -2.05. The number of non-ortho nitro benzene ring substituents is 1. The van der Waals surface area contributed by atoms with E-state index >= 15 is 0 Å². The van der Waals surface area contributed by atoms with Gasteiger partial charge in [-0.15, -0.1) is 0 Å². The van der Waals surface area contributed by atoms with Gasteiger partial charge in [-0.1, -0.05) is 30.3 Å². The second-order valence-corrected chi connectivity index (χ2v) is 5.53. The molecular formula is C18H18N4O4. The Labute approximate surface area is 150 Å². The summed E-state index contributed by atoms with van der Waals surface area (Å²) >= 11 is 0. The molecule has 0 unspecified atom stereocenters. The summed E-state index contributed by atoms with van der Waals surface area (Å²) in [6, 6.07) is 15.0. The van der Waals surface area contributed by atoms with Crippen LogP contribution >= 0.6 is 0 Å². The smallest absolute Gasteiger partial charge is 0.318 e. The molecule has 8 heteroatoms. The molecule has 0 bridgehead atoms. The Morgan fingerprint density at radius 2 is 1.69 bits per heavy atom. The highest BCUT2D eigenvalue weighted by atomic mass is 16.6. The minimum absolute atomic E-state index is 0.105. The molecule has 0 fully saturated rings. The Kier molecular flexibility index (Phi) is 6.55. The third kappa shape index (κ3) is 5.82. The fourth-order valence-electron chi connectivity index (χ4n) is 2.08. The van der Waals surface area contributed by atoms with Crippen molar-refractivity contribution in [2.45, 2.75) is 19.8 Å². The highest BCUT2D eigenvalue weighted by Crippen LogP contribution is 2.15. The molecule has 26 heavy (non-hydrogen) atoms. The predicted octanol–water partition coefficient (Wildman–Crippen LogP) is 2.66. The van der Waals surface area contributed by atoms with E-state index in [0.717, 1.165) is 12.0 Å². The molecule has 0 aromatic heterocycles. The van der Waals surface area contributed by atoms with Crippen LogP contribution in [-0.2, 0) is 16.0 Å². The number of aryl methyl sites for hydroxylation is 1. The number of anilines is 1. The van der Waals surface area contributed by atoms with E-state index in [1.807, 2.05) is 30.3 Å². The van der Waals surface area contributed by atoms with E-state index in [1.165, 1.54) is 24.3 Å². The van der Waals surface area contributed by atoms with Crippen LogP contribution in [0.4, 0.5) is 11.4 Å². The number of benzene rings is 2. The number of hydrogen-bond donors (Lipinski definition) is 2. The van der Waals surface area contributed by atoms with Crippen LogP contribution in [0.1, 0.15) is 18.9 Å². The van der Waals surface area contributed by atoms with Crippen molar-refractivity contribution in [1.82, 2.24) is 5.43 Å². The molecule has 0 aliphatic carbocycles. The van der Waals surface area contributed by atoms with E-state index in [1.54, 1.807) is 6.92 Å². The maximum absolute atomic E-state index is 11.8. The first kappa shape index (κ1) is 18.8. The fraction of sp³-hybridized carbons (Fsp3) is 0.167. The van der Waals surface area contributed by atoms with Gasteiger partial charge in [0.05, 0.1) is 4.92 Å². The first-order valence-corrected chi connectivity index (χ1v) is 7.88. The summed E-state index contributed by atoms with van der Waals surface area (Å²) in [6.07, 6.45) is 1.43. The minimum atomic E-state index is -0.914. The van der Waals surface area contributed by atoms with Gasteiger partial charge in [0, 0.05) is 23.5 Å². The Balaban J connectivity index is 1.82. The van der Waals surface area contributed by atoms with Crippen molar-refractivity contribution >= 4 is 28.9 Å². The van der Waals surface area contributed by atoms with Gasteiger partial charge in [-0.25, -0.2) is 5.43 Å². The summed E-state index contributed by atoms with van der Waals surface area (Å²) in [7, 11) is 0. The molecule has 0 atom stereocenters. The highest BCUT2D eigenvalue weighted by molar-refractivity contribution is 6.39. The zero-order valence-electron chi connectivity index (χ0n) is 14.1. The van der Waals surface area contributed by atoms with Gasteiger partial charge in [0.25, 0.3) is 5.69 Å². The van der Waals surface area contributed by atoms with Gasteiger partial charge in [0.15, 0.2) is 0 Å². The number of amides is 2. The normalized spacial score (nSPS) is 10.9. The van der Waals surface area contributed by atoms with Crippen LogP contribution in [0.15, 0.2) is 59.7 Å². The molecule has 2 aromatic rings. The lowest BCUT2D eigenvalue weighted by molar-refractivity contribution is -0.384. The molecule has 0 aliphatic heterocycles. The largest absolute Gasteiger partial charge is 0.329 e. The average Bonchev–Trinajstić information content (AvgIpc) is 2.65. The van der Waals surface area contributed by atoms with E-state index in [9.17, 15) is 19.7 Å².